The van der Waals surface area contributed by atoms with E-state index >= 15 is 0 Å². The fourth-order valence-electron chi connectivity index (χ4n) is 1.01. The van der Waals surface area contributed by atoms with Crippen LogP contribution in [-0.4, -0.2) is 13.1 Å². The number of hydrogen-bond donors (Lipinski definition) is 0. The number of rotatable bonds is 2. The average molecular weight is 180 g/mol. The molecule has 1 aromatic heterocycles. The van der Waals surface area contributed by atoms with E-state index in [1.807, 2.05) is 6.92 Å². The maximum atomic E-state index is 11.2. The van der Waals surface area contributed by atoms with E-state index < -0.39 is 0 Å². The molecule has 1 heterocycles. The van der Waals surface area contributed by atoms with Crippen molar-refractivity contribution in [1.29, 1.82) is 0 Å². The van der Waals surface area contributed by atoms with Crippen LogP contribution in [0.15, 0.2) is 17.1 Å². The molecular formula is C10H12O3. The van der Waals surface area contributed by atoms with Gasteiger partial charge in [0.2, 0.25) is 0 Å². The van der Waals surface area contributed by atoms with Crippen molar-refractivity contribution in [2.75, 3.05) is 7.11 Å². The van der Waals surface area contributed by atoms with Crippen LogP contribution in [0.5, 0.6) is 0 Å². The third-order valence-electron chi connectivity index (χ3n) is 1.74. The Balaban J connectivity index is 3.10. The summed E-state index contributed by atoms with van der Waals surface area (Å²) in [4.78, 5) is 11.2. The molecule has 0 bridgehead atoms. The summed E-state index contributed by atoms with van der Waals surface area (Å²) in [6, 6.07) is 1.64. The maximum Gasteiger partial charge on any atom is 0.341 e. The van der Waals surface area contributed by atoms with Crippen LogP contribution in [0.2, 0.25) is 0 Å². The lowest BCUT2D eigenvalue weighted by Gasteiger charge is -1.93. The lowest BCUT2D eigenvalue weighted by molar-refractivity contribution is 0.0599. The Labute approximate surface area is 77.0 Å². The van der Waals surface area contributed by atoms with Crippen molar-refractivity contribution in [2.45, 2.75) is 13.8 Å². The Kier molecular flexibility index (Phi) is 2.56. The van der Waals surface area contributed by atoms with Crippen LogP contribution < -0.4 is 0 Å². The van der Waals surface area contributed by atoms with Gasteiger partial charge < -0.3 is 9.15 Å². The van der Waals surface area contributed by atoms with Gasteiger partial charge in [-0.1, -0.05) is 6.58 Å². The zero-order chi connectivity index (χ0) is 10.0. The topological polar surface area (TPSA) is 39.4 Å². The second-order valence-electron chi connectivity index (χ2n) is 2.85. The Morgan fingerprint density at radius 2 is 2.23 bits per heavy atom. The third-order valence-corrected chi connectivity index (χ3v) is 1.74. The van der Waals surface area contributed by atoms with Crippen molar-refractivity contribution in [3.63, 3.8) is 0 Å². The van der Waals surface area contributed by atoms with Gasteiger partial charge in [-0.25, -0.2) is 4.79 Å². The largest absolute Gasteiger partial charge is 0.465 e. The molecule has 1 rings (SSSR count). The van der Waals surface area contributed by atoms with Crippen LogP contribution in [-0.2, 0) is 4.74 Å². The van der Waals surface area contributed by atoms with Gasteiger partial charge in [-0.2, -0.15) is 0 Å². The maximum absolute atomic E-state index is 11.2. The van der Waals surface area contributed by atoms with Crippen LogP contribution in [0.4, 0.5) is 0 Å². The Hall–Kier alpha value is -1.51. The molecule has 0 aliphatic rings. The van der Waals surface area contributed by atoms with Crippen LogP contribution in [0.1, 0.15) is 28.8 Å². The van der Waals surface area contributed by atoms with E-state index in [1.54, 1.807) is 13.0 Å². The van der Waals surface area contributed by atoms with E-state index in [9.17, 15) is 4.79 Å². The van der Waals surface area contributed by atoms with Crippen LogP contribution in [0, 0.1) is 6.92 Å². The molecule has 70 valence electrons. The summed E-state index contributed by atoms with van der Waals surface area (Å²) in [6.07, 6.45) is 0. The van der Waals surface area contributed by atoms with Gasteiger partial charge in [-0.3, -0.25) is 0 Å². The first kappa shape index (κ1) is 9.58. The number of carbonyl (C=O) groups excluding carboxylic acids is 1. The highest BCUT2D eigenvalue weighted by molar-refractivity contribution is 5.91. The number of hydrogen-bond acceptors (Lipinski definition) is 3. The molecule has 3 heteroatoms. The number of furan rings is 1. The van der Waals surface area contributed by atoms with Gasteiger partial charge in [0.1, 0.15) is 17.1 Å². The molecule has 0 amide bonds. The van der Waals surface area contributed by atoms with E-state index in [0.717, 1.165) is 5.57 Å². The molecule has 3 nitrogen and oxygen atoms in total. The van der Waals surface area contributed by atoms with Gasteiger partial charge in [-0.05, 0) is 25.5 Å². The molecule has 0 atom stereocenters. The number of allylic oxidation sites excluding steroid dienone is 1. The van der Waals surface area contributed by atoms with Gasteiger partial charge in [0.15, 0.2) is 0 Å². The average Bonchev–Trinajstić information content (AvgIpc) is 2.46. The molecule has 0 unspecified atom stereocenters. The first-order chi connectivity index (χ1) is 6.06. The second-order valence-corrected chi connectivity index (χ2v) is 2.85. The molecule has 0 spiro atoms. The van der Waals surface area contributed by atoms with Crippen molar-refractivity contribution in [3.8, 4) is 0 Å². The number of aryl methyl sites for hydroxylation is 1. The summed E-state index contributed by atoms with van der Waals surface area (Å²) >= 11 is 0. The Morgan fingerprint density at radius 3 is 2.62 bits per heavy atom. The highest BCUT2D eigenvalue weighted by atomic mass is 16.5. The van der Waals surface area contributed by atoms with Crippen molar-refractivity contribution in [3.05, 3.63) is 29.7 Å². The van der Waals surface area contributed by atoms with Crippen molar-refractivity contribution in [2.24, 2.45) is 0 Å². The van der Waals surface area contributed by atoms with Gasteiger partial charge in [-0.15, -0.1) is 0 Å². The zero-order valence-corrected chi connectivity index (χ0v) is 8.01. The highest BCUT2D eigenvalue weighted by Gasteiger charge is 2.14. The minimum atomic E-state index is -0.381. The highest BCUT2D eigenvalue weighted by Crippen LogP contribution is 2.20. The predicted octanol–water partition coefficient (Wildman–Crippen LogP) is 2.41. The summed E-state index contributed by atoms with van der Waals surface area (Å²) in [6.45, 7) is 7.26. The molecule has 0 radical (unpaired) electrons. The van der Waals surface area contributed by atoms with E-state index in [-0.39, 0.29) is 5.97 Å². The lowest BCUT2D eigenvalue weighted by Crippen LogP contribution is -2.00. The van der Waals surface area contributed by atoms with Crippen LogP contribution >= 0.6 is 0 Å². The van der Waals surface area contributed by atoms with E-state index in [2.05, 4.69) is 11.3 Å². The molecule has 0 aliphatic carbocycles. The standard InChI is InChI=1S/C10H12O3/c1-6(2)9-5-8(7(3)13-9)10(11)12-4/h5H,1H2,2-4H3. The van der Waals surface area contributed by atoms with Crippen LogP contribution in [0.25, 0.3) is 5.57 Å². The number of methoxy groups -OCH3 is 1. The van der Waals surface area contributed by atoms with Crippen LogP contribution in [0.3, 0.4) is 0 Å². The molecule has 0 aliphatic heterocycles. The molecule has 0 saturated heterocycles. The number of carbonyl (C=O) groups is 1. The van der Waals surface area contributed by atoms with Crippen molar-refractivity contribution >= 4 is 11.5 Å². The molecule has 0 saturated carbocycles. The summed E-state index contributed by atoms with van der Waals surface area (Å²) in [5.74, 6) is 0.802. The quantitative estimate of drug-likeness (QED) is 0.656. The normalized spacial score (nSPS) is 9.77. The number of ether oxygens (including phenoxy) is 1. The third kappa shape index (κ3) is 1.80. The zero-order valence-electron chi connectivity index (χ0n) is 8.01. The van der Waals surface area contributed by atoms with E-state index in [4.69, 9.17) is 4.42 Å². The minimum absolute atomic E-state index is 0.381. The molecule has 1 aromatic rings. The van der Waals surface area contributed by atoms with E-state index in [0.29, 0.717) is 17.1 Å². The smallest absolute Gasteiger partial charge is 0.341 e. The van der Waals surface area contributed by atoms with Gasteiger partial charge in [0.25, 0.3) is 0 Å². The fourth-order valence-corrected chi connectivity index (χ4v) is 1.01. The predicted molar refractivity (Wildman–Crippen MR) is 49.5 cm³/mol. The van der Waals surface area contributed by atoms with E-state index in [1.165, 1.54) is 7.11 Å². The molecule has 0 aromatic carbocycles. The Bertz CT molecular complexity index is 347. The number of esters is 1. The van der Waals surface area contributed by atoms with Crippen molar-refractivity contribution in [1.82, 2.24) is 0 Å². The summed E-state index contributed by atoms with van der Waals surface area (Å²) in [5.41, 5.74) is 1.25. The first-order valence-corrected chi connectivity index (χ1v) is 3.91. The summed E-state index contributed by atoms with van der Waals surface area (Å²) < 4.78 is 9.88. The summed E-state index contributed by atoms with van der Waals surface area (Å²) in [5, 5.41) is 0. The molecule has 0 N–H and O–H groups in total. The monoisotopic (exact) mass is 180 g/mol. The molecule has 0 fully saturated rings. The van der Waals surface area contributed by atoms with Crippen molar-refractivity contribution < 1.29 is 13.9 Å². The first-order valence-electron chi connectivity index (χ1n) is 3.91. The Morgan fingerprint density at radius 1 is 1.62 bits per heavy atom. The SMILES string of the molecule is C=C(C)c1cc(C(=O)OC)c(C)o1. The summed E-state index contributed by atoms with van der Waals surface area (Å²) in [7, 11) is 1.34. The van der Waals surface area contributed by atoms with Gasteiger partial charge in [0.05, 0.1) is 7.11 Å². The molecule has 13 heavy (non-hydrogen) atoms. The van der Waals surface area contributed by atoms with Gasteiger partial charge >= 0.3 is 5.97 Å². The fraction of sp³-hybridized carbons (Fsp3) is 0.300. The molecular weight excluding hydrogens is 168 g/mol. The second kappa shape index (κ2) is 3.47. The van der Waals surface area contributed by atoms with Gasteiger partial charge in [0, 0.05) is 0 Å². The lowest BCUT2D eigenvalue weighted by atomic mass is 10.2. The minimum Gasteiger partial charge on any atom is -0.465 e.